The van der Waals surface area contributed by atoms with Crippen molar-refractivity contribution in [3.63, 3.8) is 0 Å². The number of hydrogen-bond acceptors (Lipinski definition) is 1. The highest BCUT2D eigenvalue weighted by molar-refractivity contribution is 9.10. The van der Waals surface area contributed by atoms with E-state index in [1.165, 1.54) is 17.0 Å². The van der Waals surface area contributed by atoms with Crippen LogP contribution < -0.4 is 5.43 Å². The Balaban J connectivity index is 2.13. The van der Waals surface area contributed by atoms with Crippen molar-refractivity contribution >= 4 is 27.5 Å². The van der Waals surface area contributed by atoms with E-state index in [0.29, 0.717) is 0 Å². The molecule has 4 heteroatoms. The molecule has 0 amide bonds. The fraction of sp³-hybridized carbons (Fsp3) is 0.231. The van der Waals surface area contributed by atoms with Gasteiger partial charge in [-0.3, -0.25) is 4.68 Å². The minimum absolute atomic E-state index is 0.744. The molecule has 1 N–H and O–H groups in total. The number of benzene rings is 1. The van der Waals surface area contributed by atoms with E-state index in [1.807, 2.05) is 18.2 Å². The molecule has 90 valence electrons. The largest absolute Gasteiger partial charge is 0.321 e. The number of nitrogens with zero attached hydrogens (tertiary/aromatic N) is 1. The molecular weight excluding hydrogens is 300 g/mol. The lowest BCUT2D eigenvalue weighted by molar-refractivity contribution is 0.791. The second-order valence-electron chi connectivity index (χ2n) is 4.02. The van der Waals surface area contributed by atoms with Gasteiger partial charge in [0.1, 0.15) is 0 Å². The fourth-order valence-electron chi connectivity index (χ4n) is 1.75. The van der Waals surface area contributed by atoms with E-state index in [4.69, 9.17) is 11.6 Å². The molecular formula is C13H14BrClN2. The first-order valence-corrected chi connectivity index (χ1v) is 6.58. The zero-order valence-electron chi connectivity index (χ0n) is 9.80. The van der Waals surface area contributed by atoms with Crippen molar-refractivity contribution in [2.75, 3.05) is 5.43 Å². The molecule has 1 aromatic heterocycles. The van der Waals surface area contributed by atoms with Crippen molar-refractivity contribution in [1.82, 2.24) is 4.68 Å². The summed E-state index contributed by atoms with van der Waals surface area (Å²) in [4.78, 5) is 0. The number of rotatable bonds is 3. The quantitative estimate of drug-likeness (QED) is 0.895. The monoisotopic (exact) mass is 312 g/mol. The first-order chi connectivity index (χ1) is 8.08. The van der Waals surface area contributed by atoms with Crippen molar-refractivity contribution in [3.05, 3.63) is 56.8 Å². The molecule has 0 aliphatic heterocycles. The van der Waals surface area contributed by atoms with Crippen LogP contribution in [0.15, 0.2) is 34.8 Å². The van der Waals surface area contributed by atoms with Gasteiger partial charge in [-0.1, -0.05) is 33.6 Å². The maximum absolute atomic E-state index is 5.91. The van der Waals surface area contributed by atoms with Gasteiger partial charge < -0.3 is 5.43 Å². The lowest BCUT2D eigenvalue weighted by Gasteiger charge is -2.13. The molecule has 1 heterocycles. The summed E-state index contributed by atoms with van der Waals surface area (Å²) in [6, 6.07) is 10.0. The van der Waals surface area contributed by atoms with Crippen LogP contribution in [0.5, 0.6) is 0 Å². The summed E-state index contributed by atoms with van der Waals surface area (Å²) >= 11 is 9.43. The minimum Gasteiger partial charge on any atom is -0.321 e. The fourth-order valence-corrected chi connectivity index (χ4v) is 2.57. The Morgan fingerprint density at radius 3 is 2.41 bits per heavy atom. The lowest BCUT2D eigenvalue weighted by atomic mass is 10.2. The molecule has 0 bridgehead atoms. The van der Waals surface area contributed by atoms with Crippen LogP contribution in [0.4, 0.5) is 0 Å². The predicted molar refractivity (Wildman–Crippen MR) is 76.1 cm³/mol. The van der Waals surface area contributed by atoms with Crippen molar-refractivity contribution in [2.45, 2.75) is 20.4 Å². The van der Waals surface area contributed by atoms with Crippen LogP contribution in [-0.2, 0) is 6.54 Å². The van der Waals surface area contributed by atoms with Gasteiger partial charge in [-0.15, -0.1) is 0 Å². The molecule has 2 rings (SSSR count). The highest BCUT2D eigenvalue weighted by Crippen LogP contribution is 2.21. The molecule has 0 aliphatic rings. The van der Waals surface area contributed by atoms with E-state index in [9.17, 15) is 0 Å². The van der Waals surface area contributed by atoms with Gasteiger partial charge >= 0.3 is 0 Å². The Labute approximate surface area is 115 Å². The van der Waals surface area contributed by atoms with Crippen LogP contribution in [0, 0.1) is 13.8 Å². The zero-order chi connectivity index (χ0) is 12.4. The van der Waals surface area contributed by atoms with Gasteiger partial charge in [0.05, 0.1) is 6.54 Å². The van der Waals surface area contributed by atoms with E-state index in [1.54, 1.807) is 0 Å². The first kappa shape index (κ1) is 12.5. The number of aromatic nitrogens is 1. The molecule has 2 nitrogen and oxygen atoms in total. The van der Waals surface area contributed by atoms with Gasteiger partial charge in [-0.25, -0.2) is 0 Å². The molecule has 0 saturated carbocycles. The second kappa shape index (κ2) is 5.15. The summed E-state index contributed by atoms with van der Waals surface area (Å²) in [5.74, 6) is 0. The van der Waals surface area contributed by atoms with Crippen molar-refractivity contribution in [2.24, 2.45) is 0 Å². The van der Waals surface area contributed by atoms with Gasteiger partial charge in [-0.05, 0) is 43.7 Å². The summed E-state index contributed by atoms with van der Waals surface area (Å²) < 4.78 is 3.11. The first-order valence-electron chi connectivity index (χ1n) is 5.40. The molecule has 0 fully saturated rings. The van der Waals surface area contributed by atoms with Crippen molar-refractivity contribution in [1.29, 1.82) is 0 Å². The molecule has 1 aromatic carbocycles. The third kappa shape index (κ3) is 2.85. The summed E-state index contributed by atoms with van der Waals surface area (Å²) in [7, 11) is 0. The SMILES string of the molecule is Cc1ccc(C)n1NCc1ccc(Cl)cc1Br. The molecule has 0 aliphatic carbocycles. The highest BCUT2D eigenvalue weighted by Gasteiger charge is 2.03. The Kier molecular flexibility index (Phi) is 3.79. The number of hydrogen-bond donors (Lipinski definition) is 1. The Morgan fingerprint density at radius 1 is 1.18 bits per heavy atom. The maximum atomic E-state index is 5.91. The molecule has 0 saturated heterocycles. The second-order valence-corrected chi connectivity index (χ2v) is 5.31. The van der Waals surface area contributed by atoms with Gasteiger partial charge in [0.2, 0.25) is 0 Å². The highest BCUT2D eigenvalue weighted by atomic mass is 79.9. The van der Waals surface area contributed by atoms with Crippen LogP contribution in [-0.4, -0.2) is 4.68 Å². The van der Waals surface area contributed by atoms with E-state index in [-0.39, 0.29) is 0 Å². The van der Waals surface area contributed by atoms with E-state index >= 15 is 0 Å². The zero-order valence-corrected chi connectivity index (χ0v) is 12.1. The third-order valence-corrected chi connectivity index (χ3v) is 3.69. The van der Waals surface area contributed by atoms with Gasteiger partial charge in [0.15, 0.2) is 0 Å². The third-order valence-electron chi connectivity index (χ3n) is 2.71. The number of halogens is 2. The van der Waals surface area contributed by atoms with Crippen LogP contribution >= 0.6 is 27.5 Å². The lowest BCUT2D eigenvalue weighted by Crippen LogP contribution is -2.17. The van der Waals surface area contributed by atoms with Crippen molar-refractivity contribution < 1.29 is 0 Å². The molecule has 0 unspecified atom stereocenters. The minimum atomic E-state index is 0.744. The Hall–Kier alpha value is -0.930. The Morgan fingerprint density at radius 2 is 1.82 bits per heavy atom. The standard InChI is InChI=1S/C13H14BrClN2/c1-9-3-4-10(2)17(9)16-8-11-5-6-12(15)7-13(11)14/h3-7,16H,8H2,1-2H3. The van der Waals surface area contributed by atoms with Crippen LogP contribution in [0.25, 0.3) is 0 Å². The van der Waals surface area contributed by atoms with Gasteiger partial charge in [-0.2, -0.15) is 0 Å². The normalized spacial score (nSPS) is 10.6. The molecule has 17 heavy (non-hydrogen) atoms. The van der Waals surface area contributed by atoms with E-state index < -0.39 is 0 Å². The van der Waals surface area contributed by atoms with Crippen LogP contribution in [0.2, 0.25) is 5.02 Å². The maximum Gasteiger partial charge on any atom is 0.0575 e. The summed E-state index contributed by atoms with van der Waals surface area (Å²) in [5, 5.41) is 0.744. The average Bonchev–Trinajstić information content (AvgIpc) is 2.58. The van der Waals surface area contributed by atoms with Crippen LogP contribution in [0.3, 0.4) is 0 Å². The molecule has 0 atom stereocenters. The molecule has 2 aromatic rings. The summed E-state index contributed by atoms with van der Waals surface area (Å²) in [6.45, 7) is 4.92. The average molecular weight is 314 g/mol. The van der Waals surface area contributed by atoms with Gasteiger partial charge in [0.25, 0.3) is 0 Å². The van der Waals surface area contributed by atoms with Crippen molar-refractivity contribution in [3.8, 4) is 0 Å². The summed E-state index contributed by atoms with van der Waals surface area (Å²) in [6.07, 6.45) is 0. The van der Waals surface area contributed by atoms with Crippen LogP contribution in [0.1, 0.15) is 17.0 Å². The number of nitrogens with one attached hydrogen (secondary N) is 1. The predicted octanol–water partition coefficient (Wildman–Crippen LogP) is 4.26. The van der Waals surface area contributed by atoms with E-state index in [2.05, 4.69) is 52.0 Å². The summed E-state index contributed by atoms with van der Waals surface area (Å²) in [5.41, 5.74) is 6.97. The van der Waals surface area contributed by atoms with Gasteiger partial charge in [0, 0.05) is 20.9 Å². The topological polar surface area (TPSA) is 17.0 Å². The van der Waals surface area contributed by atoms with E-state index in [0.717, 1.165) is 16.0 Å². The smallest absolute Gasteiger partial charge is 0.0575 e. The Bertz CT molecular complexity index is 515. The molecule has 0 radical (unpaired) electrons. The molecule has 0 spiro atoms. The number of aryl methyl sites for hydroxylation is 2.